The molecule has 1 rings (SSSR count). The van der Waals surface area contributed by atoms with E-state index in [0.717, 1.165) is 37.8 Å². The van der Waals surface area contributed by atoms with Crippen LogP contribution in [0.25, 0.3) is 0 Å². The van der Waals surface area contributed by atoms with Crippen LogP contribution >= 0.6 is 11.8 Å². The highest BCUT2D eigenvalue weighted by molar-refractivity contribution is 8.00. The number of aliphatic hydroxyl groups excluding tert-OH is 1. The van der Waals surface area contributed by atoms with Gasteiger partial charge in [0.05, 0.1) is 13.2 Å². The molecule has 5 heteroatoms. The van der Waals surface area contributed by atoms with Gasteiger partial charge in [0.25, 0.3) is 0 Å². The monoisotopic (exact) mass is 315 g/mol. The van der Waals surface area contributed by atoms with Crippen molar-refractivity contribution in [3.8, 4) is 0 Å². The number of hydrogen-bond acceptors (Lipinski definition) is 3. The fraction of sp³-hybridized carbons (Fsp3) is 0.938. The number of aliphatic hydroxyl groups is 1. The van der Waals surface area contributed by atoms with Gasteiger partial charge in [-0.1, -0.05) is 27.7 Å². The summed E-state index contributed by atoms with van der Waals surface area (Å²) in [6.07, 6.45) is 0.941. The lowest BCUT2D eigenvalue weighted by molar-refractivity contribution is 0.145. The Labute approximate surface area is 134 Å². The minimum atomic E-state index is -0.108. The molecule has 2 unspecified atom stereocenters. The number of rotatable bonds is 6. The maximum absolute atomic E-state index is 9.55. The van der Waals surface area contributed by atoms with E-state index in [0.29, 0.717) is 17.7 Å². The lowest BCUT2D eigenvalue weighted by Gasteiger charge is -2.37. The molecule has 1 aliphatic heterocycles. The molecule has 1 aliphatic rings. The third-order valence-corrected chi connectivity index (χ3v) is 5.86. The minimum absolute atomic E-state index is 0.108. The predicted molar refractivity (Wildman–Crippen MR) is 94.1 cm³/mol. The molecule has 1 heterocycles. The quantitative estimate of drug-likeness (QED) is 0.584. The van der Waals surface area contributed by atoms with E-state index in [2.05, 4.69) is 56.6 Å². The Bertz CT molecular complexity index is 329. The van der Waals surface area contributed by atoms with Gasteiger partial charge >= 0.3 is 0 Å². The first-order valence-electron chi connectivity index (χ1n) is 8.21. The Hall–Kier alpha value is -0.420. The first kappa shape index (κ1) is 18.6. The number of thioether (sulfide) groups is 1. The van der Waals surface area contributed by atoms with Crippen LogP contribution in [0, 0.1) is 11.3 Å². The van der Waals surface area contributed by atoms with Crippen molar-refractivity contribution in [1.82, 2.24) is 10.2 Å². The Morgan fingerprint density at radius 2 is 2.19 bits per heavy atom. The zero-order chi connectivity index (χ0) is 15.9. The highest BCUT2D eigenvalue weighted by atomic mass is 32.2. The Kier molecular flexibility index (Phi) is 7.88. The number of hydrogen-bond donors (Lipinski definition) is 2. The van der Waals surface area contributed by atoms with Crippen molar-refractivity contribution < 1.29 is 5.11 Å². The van der Waals surface area contributed by atoms with Crippen LogP contribution in [0.5, 0.6) is 0 Å². The normalized spacial score (nSPS) is 23.3. The minimum Gasteiger partial charge on any atom is -0.396 e. The van der Waals surface area contributed by atoms with Crippen molar-refractivity contribution in [2.75, 3.05) is 38.5 Å². The van der Waals surface area contributed by atoms with E-state index in [1.165, 1.54) is 0 Å². The largest absolute Gasteiger partial charge is 0.396 e. The molecule has 0 radical (unpaired) electrons. The van der Waals surface area contributed by atoms with Crippen molar-refractivity contribution in [3.05, 3.63) is 0 Å². The molecule has 124 valence electrons. The summed E-state index contributed by atoms with van der Waals surface area (Å²) >= 11 is 2.08. The second-order valence-electron chi connectivity index (χ2n) is 6.59. The number of guanidine groups is 1. The number of aliphatic imine (C=N–C) groups is 1. The van der Waals surface area contributed by atoms with Crippen LogP contribution in [-0.4, -0.2) is 59.8 Å². The molecule has 0 amide bonds. The lowest BCUT2D eigenvalue weighted by atomic mass is 9.89. The molecule has 2 atom stereocenters. The summed E-state index contributed by atoms with van der Waals surface area (Å²) in [7, 11) is 0. The van der Waals surface area contributed by atoms with Gasteiger partial charge in [-0.25, -0.2) is 0 Å². The molecule has 0 bridgehead atoms. The van der Waals surface area contributed by atoms with E-state index < -0.39 is 0 Å². The van der Waals surface area contributed by atoms with Gasteiger partial charge in [0.1, 0.15) is 0 Å². The third-order valence-electron chi connectivity index (χ3n) is 4.32. The predicted octanol–water partition coefficient (Wildman–Crippen LogP) is 2.43. The fourth-order valence-electron chi connectivity index (χ4n) is 2.24. The van der Waals surface area contributed by atoms with Gasteiger partial charge in [0.2, 0.25) is 0 Å². The maximum atomic E-state index is 9.55. The van der Waals surface area contributed by atoms with E-state index in [1.54, 1.807) is 0 Å². The molecule has 0 aliphatic carbocycles. The molecular formula is C16H33N3OS. The molecule has 0 aromatic carbocycles. The third kappa shape index (κ3) is 5.70. The Morgan fingerprint density at radius 3 is 2.71 bits per heavy atom. The fourth-order valence-corrected chi connectivity index (χ4v) is 3.54. The topological polar surface area (TPSA) is 47.9 Å². The van der Waals surface area contributed by atoms with E-state index in [9.17, 15) is 5.11 Å². The molecule has 0 aromatic rings. The van der Waals surface area contributed by atoms with E-state index >= 15 is 0 Å². The van der Waals surface area contributed by atoms with E-state index in [4.69, 9.17) is 4.99 Å². The molecule has 0 spiro atoms. The molecule has 2 N–H and O–H groups in total. The van der Waals surface area contributed by atoms with Gasteiger partial charge in [-0.05, 0) is 19.3 Å². The lowest BCUT2D eigenvalue weighted by Crippen LogP contribution is -2.49. The molecular weight excluding hydrogens is 282 g/mol. The molecule has 21 heavy (non-hydrogen) atoms. The summed E-state index contributed by atoms with van der Waals surface area (Å²) < 4.78 is 0. The SMILES string of the molecule is CCNC(=NCC(C)(CC)CO)N1CCSC(C(C)C)C1. The summed E-state index contributed by atoms with van der Waals surface area (Å²) in [5, 5.41) is 13.6. The van der Waals surface area contributed by atoms with Crippen LogP contribution in [0.1, 0.15) is 41.0 Å². The van der Waals surface area contributed by atoms with Gasteiger partial charge in [0, 0.05) is 36.1 Å². The smallest absolute Gasteiger partial charge is 0.193 e. The number of nitrogens with zero attached hydrogens (tertiary/aromatic N) is 2. The highest BCUT2D eigenvalue weighted by Gasteiger charge is 2.26. The second-order valence-corrected chi connectivity index (χ2v) is 7.94. The van der Waals surface area contributed by atoms with E-state index in [-0.39, 0.29) is 12.0 Å². The van der Waals surface area contributed by atoms with Crippen molar-refractivity contribution in [3.63, 3.8) is 0 Å². The Balaban J connectivity index is 2.75. The standard InChI is InChI=1S/C16H33N3OS/c1-6-16(5,12-20)11-18-15(17-7-2)19-8-9-21-14(10-19)13(3)4/h13-14,20H,6-12H2,1-5H3,(H,17,18). The van der Waals surface area contributed by atoms with Gasteiger partial charge < -0.3 is 15.3 Å². The number of nitrogens with one attached hydrogen (secondary N) is 1. The zero-order valence-corrected chi connectivity index (χ0v) is 15.2. The summed E-state index contributed by atoms with van der Waals surface area (Å²) in [5.41, 5.74) is -0.108. The van der Waals surface area contributed by atoms with Crippen LogP contribution in [0.3, 0.4) is 0 Å². The first-order valence-corrected chi connectivity index (χ1v) is 9.26. The highest BCUT2D eigenvalue weighted by Crippen LogP contribution is 2.25. The summed E-state index contributed by atoms with van der Waals surface area (Å²) in [6, 6.07) is 0. The molecule has 0 aromatic heterocycles. The first-order chi connectivity index (χ1) is 9.95. The van der Waals surface area contributed by atoms with Crippen molar-refractivity contribution in [2.24, 2.45) is 16.3 Å². The van der Waals surface area contributed by atoms with Gasteiger partial charge in [-0.2, -0.15) is 11.8 Å². The molecule has 1 saturated heterocycles. The summed E-state index contributed by atoms with van der Waals surface area (Å²) in [5.74, 6) is 2.87. The van der Waals surface area contributed by atoms with Crippen molar-refractivity contribution in [1.29, 1.82) is 0 Å². The van der Waals surface area contributed by atoms with Crippen LogP contribution in [0.4, 0.5) is 0 Å². The average molecular weight is 316 g/mol. The van der Waals surface area contributed by atoms with E-state index in [1.807, 2.05) is 0 Å². The van der Waals surface area contributed by atoms with Crippen LogP contribution in [0.2, 0.25) is 0 Å². The van der Waals surface area contributed by atoms with Gasteiger partial charge in [-0.3, -0.25) is 4.99 Å². The molecule has 4 nitrogen and oxygen atoms in total. The van der Waals surface area contributed by atoms with Crippen molar-refractivity contribution in [2.45, 2.75) is 46.3 Å². The average Bonchev–Trinajstić information content (AvgIpc) is 2.51. The maximum Gasteiger partial charge on any atom is 0.193 e. The van der Waals surface area contributed by atoms with Gasteiger partial charge in [-0.15, -0.1) is 0 Å². The van der Waals surface area contributed by atoms with Crippen molar-refractivity contribution >= 4 is 17.7 Å². The zero-order valence-electron chi connectivity index (χ0n) is 14.4. The van der Waals surface area contributed by atoms with Crippen LogP contribution in [-0.2, 0) is 0 Å². The second kappa shape index (κ2) is 8.89. The van der Waals surface area contributed by atoms with Gasteiger partial charge in [0.15, 0.2) is 5.96 Å². The van der Waals surface area contributed by atoms with Crippen LogP contribution in [0.15, 0.2) is 4.99 Å². The molecule has 1 fully saturated rings. The summed E-state index contributed by atoms with van der Waals surface area (Å²) in [4.78, 5) is 7.19. The Morgan fingerprint density at radius 1 is 1.48 bits per heavy atom. The summed E-state index contributed by atoms with van der Waals surface area (Å²) in [6.45, 7) is 14.8. The molecule has 0 saturated carbocycles. The van der Waals surface area contributed by atoms with Crippen LogP contribution < -0.4 is 5.32 Å².